The number of aromatic nitrogens is 4. The van der Waals surface area contributed by atoms with E-state index in [1.54, 1.807) is 6.33 Å². The molecule has 100 valence electrons. The summed E-state index contributed by atoms with van der Waals surface area (Å²) in [6.45, 7) is 0. The van der Waals surface area contributed by atoms with Gasteiger partial charge in [-0.2, -0.15) is 21.7 Å². The summed E-state index contributed by atoms with van der Waals surface area (Å²) >= 11 is 1.94. The van der Waals surface area contributed by atoms with E-state index in [2.05, 4.69) is 19.5 Å². The van der Waals surface area contributed by atoms with E-state index >= 15 is 0 Å². The number of imidazole rings is 1. The molecule has 0 radical (unpaired) electrons. The Morgan fingerprint density at radius 1 is 1.28 bits per heavy atom. The first-order chi connectivity index (χ1) is 7.75. The van der Waals surface area contributed by atoms with Crippen LogP contribution in [0.1, 0.15) is 12.5 Å². The van der Waals surface area contributed by atoms with Crippen LogP contribution >= 0.6 is 36.6 Å². The maximum Gasteiger partial charge on any atom is 0.224 e. The van der Waals surface area contributed by atoms with Crippen molar-refractivity contribution in [2.24, 2.45) is 0 Å². The Morgan fingerprint density at radius 2 is 2.06 bits per heavy atom. The van der Waals surface area contributed by atoms with Crippen LogP contribution in [0.15, 0.2) is 6.33 Å². The minimum absolute atomic E-state index is 0. The van der Waals surface area contributed by atoms with Crippen molar-refractivity contribution >= 4 is 59.5 Å². The second-order valence-electron chi connectivity index (χ2n) is 3.81. The van der Waals surface area contributed by atoms with Crippen LogP contribution in [0.5, 0.6) is 0 Å². The Morgan fingerprint density at radius 3 is 2.72 bits per heavy atom. The summed E-state index contributed by atoms with van der Waals surface area (Å²) in [5.74, 6) is 2.83. The molecule has 1 saturated heterocycles. The van der Waals surface area contributed by atoms with Crippen molar-refractivity contribution in [2.75, 3.05) is 23.0 Å². The number of nitrogens with zero attached hydrogens (tertiary/aromatic N) is 4. The van der Waals surface area contributed by atoms with E-state index in [0.29, 0.717) is 17.4 Å². The van der Waals surface area contributed by atoms with Crippen LogP contribution < -0.4 is 11.5 Å². The van der Waals surface area contributed by atoms with Crippen LogP contribution in [0.2, 0.25) is 0 Å². The largest absolute Gasteiger partial charge is 0.382 e. The summed E-state index contributed by atoms with van der Waals surface area (Å²) < 4.78 is 2.06. The number of hydrogen-bond donors (Lipinski definition) is 2. The lowest BCUT2D eigenvalue weighted by Crippen LogP contribution is -2.08. The normalized spacial score (nSPS) is 18.3. The Bertz CT molecular complexity index is 539. The smallest absolute Gasteiger partial charge is 0.224 e. The Labute approximate surface area is 121 Å². The molecule has 4 N–H and O–H groups in total. The molecule has 1 aliphatic rings. The minimum Gasteiger partial charge on any atom is -0.382 e. The molecule has 2 aromatic rings. The van der Waals surface area contributed by atoms with Crippen molar-refractivity contribution in [1.29, 1.82) is 0 Å². The van der Waals surface area contributed by atoms with Crippen LogP contribution in [0, 0.1) is 0 Å². The average Bonchev–Trinajstić information content (AvgIpc) is 2.83. The third kappa shape index (κ3) is 2.43. The van der Waals surface area contributed by atoms with Gasteiger partial charge in [0.15, 0.2) is 11.5 Å². The molecule has 1 fully saturated rings. The lowest BCUT2D eigenvalue weighted by Gasteiger charge is -2.10. The van der Waals surface area contributed by atoms with E-state index in [1.165, 1.54) is 5.75 Å². The summed E-state index contributed by atoms with van der Waals surface area (Å²) in [6, 6.07) is 0.448. The standard InChI is InChI=1S/C9H12N6S.2ClH/c10-7-6-8(14-9(11)13-7)15(4-12-6)5-1-2-16-3-5;;/h4-5H,1-3H2,(H4,10,11,13,14);2*1H. The number of halogens is 2. The highest BCUT2D eigenvalue weighted by molar-refractivity contribution is 7.99. The molecule has 1 atom stereocenters. The molecule has 6 nitrogen and oxygen atoms in total. The minimum atomic E-state index is 0. The van der Waals surface area contributed by atoms with E-state index in [-0.39, 0.29) is 30.8 Å². The third-order valence-electron chi connectivity index (χ3n) is 2.76. The van der Waals surface area contributed by atoms with Crippen molar-refractivity contribution in [3.63, 3.8) is 0 Å². The first-order valence-electron chi connectivity index (χ1n) is 5.09. The maximum atomic E-state index is 5.76. The maximum absolute atomic E-state index is 5.76. The highest BCUT2D eigenvalue weighted by Crippen LogP contribution is 2.30. The molecular weight excluding hydrogens is 295 g/mol. The molecule has 0 spiro atoms. The van der Waals surface area contributed by atoms with Gasteiger partial charge in [-0.05, 0) is 12.2 Å². The molecule has 0 aliphatic carbocycles. The van der Waals surface area contributed by atoms with Gasteiger partial charge in [-0.15, -0.1) is 24.8 Å². The van der Waals surface area contributed by atoms with Crippen LogP contribution in [0.4, 0.5) is 11.8 Å². The van der Waals surface area contributed by atoms with Crippen molar-refractivity contribution in [2.45, 2.75) is 12.5 Å². The number of nitrogens with two attached hydrogens (primary N) is 2. The van der Waals surface area contributed by atoms with Gasteiger partial charge in [0, 0.05) is 11.8 Å². The van der Waals surface area contributed by atoms with Crippen molar-refractivity contribution in [1.82, 2.24) is 19.5 Å². The molecule has 3 heterocycles. The van der Waals surface area contributed by atoms with Gasteiger partial charge < -0.3 is 16.0 Å². The quantitative estimate of drug-likeness (QED) is 0.829. The van der Waals surface area contributed by atoms with Gasteiger partial charge in [0.25, 0.3) is 0 Å². The van der Waals surface area contributed by atoms with Crippen LogP contribution in [0.25, 0.3) is 11.2 Å². The lowest BCUT2D eigenvalue weighted by molar-refractivity contribution is 0.571. The van der Waals surface area contributed by atoms with Gasteiger partial charge in [0.2, 0.25) is 5.95 Å². The second-order valence-corrected chi connectivity index (χ2v) is 4.96. The highest BCUT2D eigenvalue weighted by Gasteiger charge is 2.21. The summed E-state index contributed by atoms with van der Waals surface area (Å²) in [5.41, 5.74) is 12.8. The number of nitrogen functional groups attached to an aromatic ring is 2. The predicted octanol–water partition coefficient (Wildman–Crippen LogP) is 1.51. The fourth-order valence-electron chi connectivity index (χ4n) is 1.96. The van der Waals surface area contributed by atoms with Gasteiger partial charge in [0.05, 0.1) is 6.33 Å². The molecule has 1 aliphatic heterocycles. The van der Waals surface area contributed by atoms with E-state index < -0.39 is 0 Å². The van der Waals surface area contributed by atoms with Gasteiger partial charge >= 0.3 is 0 Å². The molecule has 2 aromatic heterocycles. The average molecular weight is 309 g/mol. The lowest BCUT2D eigenvalue weighted by atomic mass is 10.2. The monoisotopic (exact) mass is 308 g/mol. The SMILES string of the molecule is Cl.Cl.Nc1nc(N)c2ncn(C3CCSC3)c2n1. The van der Waals surface area contributed by atoms with Crippen molar-refractivity contribution in [3.05, 3.63) is 6.33 Å². The van der Waals surface area contributed by atoms with Crippen molar-refractivity contribution in [3.8, 4) is 0 Å². The zero-order chi connectivity index (χ0) is 11.1. The zero-order valence-corrected chi connectivity index (χ0v) is 11.9. The summed E-state index contributed by atoms with van der Waals surface area (Å²) in [5, 5.41) is 0. The molecule has 9 heteroatoms. The summed E-state index contributed by atoms with van der Waals surface area (Å²) in [4.78, 5) is 12.4. The van der Waals surface area contributed by atoms with E-state index in [1.807, 2.05) is 11.8 Å². The molecule has 18 heavy (non-hydrogen) atoms. The Hall–Kier alpha value is -0.920. The fraction of sp³-hybridized carbons (Fsp3) is 0.444. The molecule has 3 rings (SSSR count). The Balaban J connectivity index is 0.000000810. The van der Waals surface area contributed by atoms with Crippen LogP contribution in [-0.2, 0) is 0 Å². The predicted molar refractivity (Wildman–Crippen MR) is 79.6 cm³/mol. The Kier molecular flexibility index (Phi) is 4.89. The molecule has 0 amide bonds. The number of rotatable bonds is 1. The molecule has 1 unspecified atom stereocenters. The molecule has 0 bridgehead atoms. The van der Waals surface area contributed by atoms with E-state index in [4.69, 9.17) is 11.5 Å². The van der Waals surface area contributed by atoms with Crippen LogP contribution in [-0.4, -0.2) is 31.0 Å². The summed E-state index contributed by atoms with van der Waals surface area (Å²) in [7, 11) is 0. The van der Waals surface area contributed by atoms with E-state index in [0.717, 1.165) is 17.8 Å². The summed E-state index contributed by atoms with van der Waals surface area (Å²) in [6.07, 6.45) is 2.92. The first kappa shape index (κ1) is 15.1. The molecule has 0 saturated carbocycles. The molecular formula is C9H14Cl2N6S. The third-order valence-corrected chi connectivity index (χ3v) is 3.91. The van der Waals surface area contributed by atoms with E-state index in [9.17, 15) is 0 Å². The fourth-order valence-corrected chi connectivity index (χ4v) is 3.17. The second kappa shape index (κ2) is 5.81. The molecule has 0 aromatic carbocycles. The number of anilines is 2. The van der Waals surface area contributed by atoms with Gasteiger partial charge in [-0.25, -0.2) is 4.98 Å². The highest BCUT2D eigenvalue weighted by atomic mass is 35.5. The van der Waals surface area contributed by atoms with Crippen LogP contribution in [0.3, 0.4) is 0 Å². The van der Waals surface area contributed by atoms with Crippen molar-refractivity contribution < 1.29 is 0 Å². The zero-order valence-electron chi connectivity index (χ0n) is 9.44. The number of hydrogen-bond acceptors (Lipinski definition) is 6. The van der Waals surface area contributed by atoms with Gasteiger partial charge in [-0.1, -0.05) is 0 Å². The topological polar surface area (TPSA) is 95.6 Å². The van der Waals surface area contributed by atoms with Gasteiger partial charge in [-0.3, -0.25) is 0 Å². The number of thioether (sulfide) groups is 1. The number of fused-ring (bicyclic) bond motifs is 1. The first-order valence-corrected chi connectivity index (χ1v) is 6.24. The van der Waals surface area contributed by atoms with Gasteiger partial charge in [0.1, 0.15) is 5.52 Å².